The van der Waals surface area contributed by atoms with E-state index in [1.165, 1.54) is 0 Å². The van der Waals surface area contributed by atoms with Crippen molar-refractivity contribution in [2.75, 3.05) is 0 Å². The molecule has 1 heterocycles. The van der Waals surface area contributed by atoms with E-state index in [1.54, 1.807) is 13.8 Å². The van der Waals surface area contributed by atoms with E-state index in [4.69, 9.17) is 14.2 Å². The summed E-state index contributed by atoms with van der Waals surface area (Å²) >= 11 is 0. The zero-order valence-electron chi connectivity index (χ0n) is 16.6. The van der Waals surface area contributed by atoms with Crippen LogP contribution in [0.5, 0.6) is 0 Å². The van der Waals surface area contributed by atoms with Crippen molar-refractivity contribution in [2.24, 2.45) is 0 Å². The van der Waals surface area contributed by atoms with E-state index in [9.17, 15) is 10.2 Å². The second-order valence-corrected chi connectivity index (χ2v) is 9.65. The smallest absolute Gasteiger partial charge is 0.164 e. The van der Waals surface area contributed by atoms with Crippen LogP contribution in [-0.2, 0) is 14.2 Å². The first-order valence-corrected chi connectivity index (χ1v) is 10.3. The zero-order valence-corrected chi connectivity index (χ0v) is 17.6. The van der Waals surface area contributed by atoms with Gasteiger partial charge in [0.25, 0.3) is 0 Å². The van der Waals surface area contributed by atoms with Gasteiger partial charge in [-0.2, -0.15) is 0 Å². The van der Waals surface area contributed by atoms with E-state index in [1.807, 2.05) is 58.0 Å². The molecule has 0 aliphatic carbocycles. The summed E-state index contributed by atoms with van der Waals surface area (Å²) in [6, 6.07) is 9.79. The Kier molecular flexibility index (Phi) is 7.23. The molecule has 26 heavy (non-hydrogen) atoms. The van der Waals surface area contributed by atoms with Crippen molar-refractivity contribution in [3.8, 4) is 0 Å². The van der Waals surface area contributed by atoms with Gasteiger partial charge in [-0.05, 0) is 46.3 Å². The average Bonchev–Trinajstić information content (AvgIpc) is 2.88. The van der Waals surface area contributed by atoms with E-state index < -0.39 is 36.0 Å². The van der Waals surface area contributed by atoms with Crippen LogP contribution in [-0.4, -0.2) is 51.9 Å². The normalized spacial score (nSPS) is 26.9. The summed E-state index contributed by atoms with van der Waals surface area (Å²) in [5.41, 5.74) is -0.378. The molecule has 1 fully saturated rings. The Morgan fingerprint density at radius 3 is 2.23 bits per heavy atom. The van der Waals surface area contributed by atoms with Crippen molar-refractivity contribution in [1.82, 2.24) is 0 Å². The van der Waals surface area contributed by atoms with Crippen LogP contribution in [0.4, 0.5) is 0 Å². The molecule has 0 amide bonds. The van der Waals surface area contributed by atoms with Gasteiger partial charge in [0.2, 0.25) is 0 Å². The minimum Gasteiger partial charge on any atom is -0.388 e. The number of ether oxygens (including phenoxy) is 3. The van der Waals surface area contributed by atoms with Crippen molar-refractivity contribution in [3.05, 3.63) is 30.3 Å². The zero-order chi connectivity index (χ0) is 19.5. The molecule has 1 saturated heterocycles. The first-order chi connectivity index (χ1) is 12.0. The highest BCUT2D eigenvalue weighted by molar-refractivity contribution is 7.47. The van der Waals surface area contributed by atoms with Crippen molar-refractivity contribution in [1.29, 1.82) is 0 Å². The van der Waals surface area contributed by atoms with Gasteiger partial charge >= 0.3 is 0 Å². The van der Waals surface area contributed by atoms with Crippen molar-refractivity contribution in [3.63, 3.8) is 0 Å². The highest BCUT2D eigenvalue weighted by Gasteiger charge is 2.50. The average molecular weight is 384 g/mol. The summed E-state index contributed by atoms with van der Waals surface area (Å²) in [6.45, 7) is 11.5. The van der Waals surface area contributed by atoms with Gasteiger partial charge in [-0.15, -0.1) is 0 Å². The van der Waals surface area contributed by atoms with E-state index in [2.05, 4.69) is 0 Å². The predicted octanol–water partition coefficient (Wildman–Crippen LogP) is 2.78. The first kappa shape index (κ1) is 21.7. The Morgan fingerprint density at radius 1 is 1.12 bits per heavy atom. The Bertz CT molecular complexity index is 557. The maximum atomic E-state index is 11.0. The molecular weight excluding hydrogens is 351 g/mol. The highest BCUT2D eigenvalue weighted by atomic mass is 31.1. The summed E-state index contributed by atoms with van der Waals surface area (Å²) < 4.78 is 17.9. The van der Waals surface area contributed by atoms with Crippen LogP contribution in [0, 0.1) is 0 Å². The molecule has 0 spiro atoms. The number of aliphatic hydroxyl groups excluding tert-OH is 2. The quantitative estimate of drug-likeness (QED) is 0.708. The minimum atomic E-state index is -0.888. The standard InChI is InChI=1S/C20H33O5P/c1-7-14(23-19(2,3)4)15(21)16-17(25-20(5,6)24-16)18(22)26-13-11-9-8-10-12-13/h8-12,14-18,21-22,26H,7H2,1-6H3. The lowest BCUT2D eigenvalue weighted by Crippen LogP contribution is -2.49. The Morgan fingerprint density at radius 2 is 1.69 bits per heavy atom. The van der Waals surface area contributed by atoms with Crippen LogP contribution in [0.2, 0.25) is 0 Å². The van der Waals surface area contributed by atoms with Crippen LogP contribution in [0.15, 0.2) is 30.3 Å². The number of hydrogen-bond donors (Lipinski definition) is 2. The Balaban J connectivity index is 2.15. The third kappa shape index (κ3) is 5.98. The maximum absolute atomic E-state index is 11.0. The molecule has 1 aliphatic heterocycles. The van der Waals surface area contributed by atoms with Crippen LogP contribution in [0.1, 0.15) is 48.0 Å². The molecule has 2 N–H and O–H groups in total. The molecule has 1 aromatic rings. The lowest BCUT2D eigenvalue weighted by molar-refractivity contribution is -0.178. The number of benzene rings is 1. The van der Waals surface area contributed by atoms with Gasteiger partial charge in [0.05, 0.1) is 11.7 Å². The fraction of sp³-hybridized carbons (Fsp3) is 0.700. The Labute approximate surface area is 158 Å². The van der Waals surface area contributed by atoms with E-state index in [0.717, 1.165) is 5.30 Å². The second kappa shape index (κ2) is 8.64. The Hall–Kier alpha value is -0.550. The molecule has 148 valence electrons. The number of rotatable bonds is 7. The lowest BCUT2D eigenvalue weighted by atomic mass is 10.0. The summed E-state index contributed by atoms with van der Waals surface area (Å²) in [6.07, 6.45) is -1.91. The summed E-state index contributed by atoms with van der Waals surface area (Å²) in [5.74, 6) is -1.62. The first-order valence-electron chi connectivity index (χ1n) is 9.23. The number of aliphatic hydroxyl groups is 2. The largest absolute Gasteiger partial charge is 0.388 e. The van der Waals surface area contributed by atoms with Gasteiger partial charge in [-0.1, -0.05) is 45.8 Å². The van der Waals surface area contributed by atoms with Crippen LogP contribution < -0.4 is 5.30 Å². The van der Waals surface area contributed by atoms with Gasteiger partial charge in [-0.25, -0.2) is 0 Å². The molecule has 2 rings (SSSR count). The third-order valence-corrected chi connectivity index (χ3v) is 5.48. The molecule has 0 aromatic heterocycles. The van der Waals surface area contributed by atoms with Gasteiger partial charge in [0.1, 0.15) is 24.2 Å². The molecule has 0 bridgehead atoms. The third-order valence-electron chi connectivity index (χ3n) is 4.19. The van der Waals surface area contributed by atoms with Gasteiger partial charge < -0.3 is 24.4 Å². The van der Waals surface area contributed by atoms with Gasteiger partial charge in [-0.3, -0.25) is 0 Å². The summed E-state index contributed by atoms with van der Waals surface area (Å²) in [7, 11) is 0.150. The number of hydrogen-bond acceptors (Lipinski definition) is 5. The summed E-state index contributed by atoms with van der Waals surface area (Å²) in [5, 5.41) is 22.8. The lowest BCUT2D eigenvalue weighted by Gasteiger charge is -2.34. The molecule has 6 atom stereocenters. The minimum absolute atomic E-state index is 0.150. The predicted molar refractivity (Wildman–Crippen MR) is 105 cm³/mol. The van der Waals surface area contributed by atoms with Crippen LogP contribution >= 0.6 is 8.58 Å². The molecule has 1 aromatic carbocycles. The fourth-order valence-corrected chi connectivity index (χ4v) is 4.32. The van der Waals surface area contributed by atoms with Crippen molar-refractivity contribution < 1.29 is 24.4 Å². The fourth-order valence-electron chi connectivity index (χ4n) is 3.17. The molecule has 1 aliphatic rings. The van der Waals surface area contributed by atoms with Gasteiger partial charge in [0.15, 0.2) is 5.79 Å². The molecule has 6 heteroatoms. The maximum Gasteiger partial charge on any atom is 0.164 e. The summed E-state index contributed by atoms with van der Waals surface area (Å²) in [4.78, 5) is 0. The van der Waals surface area contributed by atoms with Crippen molar-refractivity contribution in [2.45, 2.75) is 89.6 Å². The van der Waals surface area contributed by atoms with Gasteiger partial charge in [0, 0.05) is 0 Å². The monoisotopic (exact) mass is 384 g/mol. The van der Waals surface area contributed by atoms with Crippen LogP contribution in [0.25, 0.3) is 0 Å². The molecule has 0 radical (unpaired) electrons. The molecule has 6 unspecified atom stereocenters. The van der Waals surface area contributed by atoms with E-state index in [-0.39, 0.29) is 14.2 Å². The van der Waals surface area contributed by atoms with Crippen LogP contribution in [0.3, 0.4) is 0 Å². The highest BCUT2D eigenvalue weighted by Crippen LogP contribution is 2.37. The molecule has 5 nitrogen and oxygen atoms in total. The van der Waals surface area contributed by atoms with E-state index >= 15 is 0 Å². The SMILES string of the molecule is CCC(OC(C)(C)C)C(O)C1OC(C)(C)OC1C(O)Pc1ccccc1. The molecular formula is C20H33O5P. The topological polar surface area (TPSA) is 68.2 Å². The van der Waals surface area contributed by atoms with E-state index in [0.29, 0.717) is 6.42 Å². The van der Waals surface area contributed by atoms with Crippen molar-refractivity contribution >= 4 is 13.9 Å². The molecule has 0 saturated carbocycles. The second-order valence-electron chi connectivity index (χ2n) is 8.19.